The molecule has 0 aliphatic heterocycles. The Morgan fingerprint density at radius 2 is 2.00 bits per heavy atom. The van der Waals surface area contributed by atoms with Crippen LogP contribution in [0.1, 0.15) is 32.6 Å². The van der Waals surface area contributed by atoms with Crippen molar-refractivity contribution in [1.82, 2.24) is 5.32 Å². The lowest BCUT2D eigenvalue weighted by molar-refractivity contribution is 0.409. The van der Waals surface area contributed by atoms with Crippen LogP contribution in [0.2, 0.25) is 0 Å². The fraction of sp³-hybridized carbons (Fsp3) is 0.700. The van der Waals surface area contributed by atoms with E-state index >= 15 is 0 Å². The summed E-state index contributed by atoms with van der Waals surface area (Å²) < 4.78 is 0. The van der Waals surface area contributed by atoms with E-state index in [4.69, 9.17) is 17.0 Å². The summed E-state index contributed by atoms with van der Waals surface area (Å²) in [6.07, 6.45) is 8.17. The first-order chi connectivity index (χ1) is 6.18. The third kappa shape index (κ3) is 4.32. The number of hydrogen-bond donors (Lipinski definition) is 2. The molecule has 2 N–H and O–H groups in total. The van der Waals surface area contributed by atoms with Crippen molar-refractivity contribution in [2.24, 2.45) is 0 Å². The Hall–Kier alpha value is -0.500. The first-order valence-electron chi connectivity index (χ1n) is 4.80. The van der Waals surface area contributed by atoms with Crippen molar-refractivity contribution in [1.29, 1.82) is 5.41 Å². The fourth-order valence-corrected chi connectivity index (χ4v) is 1.78. The summed E-state index contributed by atoms with van der Waals surface area (Å²) in [5.41, 5.74) is 0.582. The van der Waals surface area contributed by atoms with Crippen molar-refractivity contribution in [2.45, 2.75) is 44.0 Å². The van der Waals surface area contributed by atoms with Crippen molar-refractivity contribution in [3.8, 4) is 0 Å². The number of halogens is 1. The summed E-state index contributed by atoms with van der Waals surface area (Å²) in [5.74, 6) is 0. The molecular formula is C10H17ClN2. The zero-order valence-electron chi connectivity index (χ0n) is 8.02. The SMILES string of the molecule is CC(=N)/C=C\NC1CCC(Cl)CC1. The van der Waals surface area contributed by atoms with Crippen molar-refractivity contribution in [2.75, 3.05) is 0 Å². The summed E-state index contributed by atoms with van der Waals surface area (Å²) >= 11 is 5.99. The molecule has 0 aromatic rings. The Balaban J connectivity index is 2.19. The quantitative estimate of drug-likeness (QED) is 0.534. The molecule has 74 valence electrons. The van der Waals surface area contributed by atoms with E-state index in [0.717, 1.165) is 25.7 Å². The molecule has 3 heteroatoms. The zero-order valence-corrected chi connectivity index (χ0v) is 8.77. The van der Waals surface area contributed by atoms with Crippen LogP contribution in [0.3, 0.4) is 0 Å². The predicted octanol–water partition coefficient (Wildman–Crippen LogP) is 2.68. The molecule has 1 aliphatic rings. The van der Waals surface area contributed by atoms with Crippen LogP contribution in [-0.4, -0.2) is 17.1 Å². The second-order valence-electron chi connectivity index (χ2n) is 3.63. The van der Waals surface area contributed by atoms with Gasteiger partial charge in [-0.1, -0.05) is 0 Å². The Kier molecular flexibility index (Phi) is 4.29. The van der Waals surface area contributed by atoms with E-state index in [9.17, 15) is 0 Å². The van der Waals surface area contributed by atoms with E-state index in [1.807, 2.05) is 6.20 Å². The fourth-order valence-electron chi connectivity index (χ4n) is 1.53. The summed E-state index contributed by atoms with van der Waals surface area (Å²) in [6, 6.07) is 0.561. The molecule has 1 aliphatic carbocycles. The van der Waals surface area contributed by atoms with Gasteiger partial charge in [0.15, 0.2) is 0 Å². The van der Waals surface area contributed by atoms with Crippen LogP contribution in [0.4, 0.5) is 0 Å². The first-order valence-corrected chi connectivity index (χ1v) is 5.24. The van der Waals surface area contributed by atoms with Gasteiger partial charge in [0.1, 0.15) is 0 Å². The number of rotatable bonds is 3. The highest BCUT2D eigenvalue weighted by Crippen LogP contribution is 2.22. The molecule has 0 atom stereocenters. The highest BCUT2D eigenvalue weighted by Gasteiger charge is 2.17. The van der Waals surface area contributed by atoms with Gasteiger partial charge in [0, 0.05) is 17.1 Å². The van der Waals surface area contributed by atoms with Crippen molar-refractivity contribution >= 4 is 17.3 Å². The van der Waals surface area contributed by atoms with Crippen molar-refractivity contribution in [3.63, 3.8) is 0 Å². The smallest absolute Gasteiger partial charge is 0.0337 e. The maximum Gasteiger partial charge on any atom is 0.0337 e. The van der Waals surface area contributed by atoms with Crippen LogP contribution in [0.5, 0.6) is 0 Å². The lowest BCUT2D eigenvalue weighted by atomic mass is 9.95. The lowest BCUT2D eigenvalue weighted by Gasteiger charge is -2.25. The molecule has 0 heterocycles. The van der Waals surface area contributed by atoms with Gasteiger partial charge in [-0.15, -0.1) is 11.6 Å². The third-order valence-electron chi connectivity index (χ3n) is 2.32. The predicted molar refractivity (Wildman–Crippen MR) is 57.6 cm³/mol. The van der Waals surface area contributed by atoms with E-state index in [1.54, 1.807) is 13.0 Å². The highest BCUT2D eigenvalue weighted by atomic mass is 35.5. The minimum absolute atomic E-state index is 0.381. The van der Waals surface area contributed by atoms with Gasteiger partial charge in [0.25, 0.3) is 0 Å². The number of nitrogens with one attached hydrogen (secondary N) is 2. The van der Waals surface area contributed by atoms with Crippen LogP contribution >= 0.6 is 11.6 Å². The molecule has 1 rings (SSSR count). The molecule has 0 bridgehead atoms. The lowest BCUT2D eigenvalue weighted by Crippen LogP contribution is -2.29. The van der Waals surface area contributed by atoms with E-state index < -0.39 is 0 Å². The minimum Gasteiger partial charge on any atom is -0.388 e. The summed E-state index contributed by atoms with van der Waals surface area (Å²) in [5, 5.41) is 10.9. The maximum atomic E-state index is 7.20. The van der Waals surface area contributed by atoms with Gasteiger partial charge in [-0.2, -0.15) is 0 Å². The Bertz CT molecular complexity index is 193. The van der Waals surface area contributed by atoms with Gasteiger partial charge in [-0.05, 0) is 44.9 Å². The molecule has 0 saturated heterocycles. The Morgan fingerprint density at radius 3 is 2.54 bits per heavy atom. The average molecular weight is 201 g/mol. The highest BCUT2D eigenvalue weighted by molar-refractivity contribution is 6.20. The van der Waals surface area contributed by atoms with E-state index in [1.165, 1.54) is 0 Å². The first kappa shape index (κ1) is 10.6. The van der Waals surface area contributed by atoms with Gasteiger partial charge in [0.05, 0.1) is 0 Å². The molecule has 0 spiro atoms. The molecule has 0 amide bonds. The summed E-state index contributed by atoms with van der Waals surface area (Å²) in [7, 11) is 0. The number of allylic oxidation sites excluding steroid dienone is 1. The molecule has 0 aromatic heterocycles. The number of hydrogen-bond acceptors (Lipinski definition) is 2. The van der Waals surface area contributed by atoms with Gasteiger partial charge in [-0.25, -0.2) is 0 Å². The standard InChI is InChI=1S/C10H17ClN2/c1-8(12)6-7-13-10-4-2-9(11)3-5-10/h6-7,9-10,12-13H,2-5H2,1H3/b7-6-,12-8?. The van der Waals surface area contributed by atoms with Crippen LogP contribution < -0.4 is 5.32 Å². The largest absolute Gasteiger partial charge is 0.388 e. The molecular weight excluding hydrogens is 184 g/mol. The normalized spacial score (nSPS) is 29.1. The second kappa shape index (κ2) is 5.28. The van der Waals surface area contributed by atoms with E-state index in [2.05, 4.69) is 5.32 Å². The average Bonchev–Trinajstić information content (AvgIpc) is 2.08. The van der Waals surface area contributed by atoms with Gasteiger partial charge >= 0.3 is 0 Å². The second-order valence-corrected chi connectivity index (χ2v) is 4.25. The monoisotopic (exact) mass is 200 g/mol. The van der Waals surface area contributed by atoms with Crippen LogP contribution in [0.25, 0.3) is 0 Å². The molecule has 0 radical (unpaired) electrons. The molecule has 1 saturated carbocycles. The van der Waals surface area contributed by atoms with Crippen molar-refractivity contribution in [3.05, 3.63) is 12.3 Å². The van der Waals surface area contributed by atoms with Crippen LogP contribution in [-0.2, 0) is 0 Å². The Labute approximate surface area is 84.9 Å². The van der Waals surface area contributed by atoms with E-state index in [-0.39, 0.29) is 0 Å². The molecule has 0 unspecified atom stereocenters. The zero-order chi connectivity index (χ0) is 9.68. The third-order valence-corrected chi connectivity index (χ3v) is 2.76. The number of alkyl halides is 1. The van der Waals surface area contributed by atoms with E-state index in [0.29, 0.717) is 17.1 Å². The van der Waals surface area contributed by atoms with Gasteiger partial charge in [0.2, 0.25) is 0 Å². The molecule has 13 heavy (non-hydrogen) atoms. The molecule has 2 nitrogen and oxygen atoms in total. The van der Waals surface area contributed by atoms with Gasteiger partial charge in [-0.3, -0.25) is 0 Å². The molecule has 1 fully saturated rings. The molecule has 0 aromatic carbocycles. The Morgan fingerprint density at radius 1 is 1.38 bits per heavy atom. The maximum absolute atomic E-state index is 7.20. The summed E-state index contributed by atoms with van der Waals surface area (Å²) in [6.45, 7) is 1.77. The van der Waals surface area contributed by atoms with Crippen molar-refractivity contribution < 1.29 is 0 Å². The topological polar surface area (TPSA) is 35.9 Å². The van der Waals surface area contributed by atoms with Crippen LogP contribution in [0, 0.1) is 5.41 Å². The van der Waals surface area contributed by atoms with Gasteiger partial charge < -0.3 is 10.7 Å². The minimum atomic E-state index is 0.381. The summed E-state index contributed by atoms with van der Waals surface area (Å²) in [4.78, 5) is 0. The van der Waals surface area contributed by atoms with Crippen LogP contribution in [0.15, 0.2) is 12.3 Å².